The minimum atomic E-state index is 0.724. The van der Waals surface area contributed by atoms with Gasteiger partial charge in [-0.25, -0.2) is 4.79 Å². The Kier molecular flexibility index (Phi) is 2.66. The van der Waals surface area contributed by atoms with Crippen molar-refractivity contribution in [3.05, 3.63) is 48.0 Å². The molecule has 0 N–H and O–H groups in total. The highest BCUT2D eigenvalue weighted by molar-refractivity contribution is 5.92. The van der Waals surface area contributed by atoms with Gasteiger partial charge in [0.2, 0.25) is 0 Å². The first-order valence-corrected chi connectivity index (χ1v) is 5.08. The Morgan fingerprint density at radius 3 is 2.53 bits per heavy atom. The van der Waals surface area contributed by atoms with Crippen molar-refractivity contribution in [3.63, 3.8) is 0 Å². The summed E-state index contributed by atoms with van der Waals surface area (Å²) in [6.07, 6.45) is 0.724. The van der Waals surface area contributed by atoms with Gasteiger partial charge >= 0.3 is 0 Å². The summed E-state index contributed by atoms with van der Waals surface area (Å²) in [7, 11) is 0. The summed E-state index contributed by atoms with van der Waals surface area (Å²) in [6.45, 7) is 1.97. The van der Waals surface area contributed by atoms with Crippen LogP contribution in [0, 0.1) is 0 Å². The minimum Gasteiger partial charge on any atom is -0.233 e. The number of carbonyl (C=O) groups excluding carboxylic acids is 1. The third kappa shape index (κ3) is 1.83. The first-order chi connectivity index (χ1) is 7.35. The van der Waals surface area contributed by atoms with Gasteiger partial charge in [0.05, 0.1) is 0 Å². The number of allylic oxidation sites excluding steroid dienone is 1. The second kappa shape index (κ2) is 4.12. The van der Waals surface area contributed by atoms with Crippen LogP contribution in [0.5, 0.6) is 0 Å². The first-order valence-electron chi connectivity index (χ1n) is 5.08. The van der Waals surface area contributed by atoms with Crippen LogP contribution in [0.4, 0.5) is 0 Å². The molecule has 0 amide bonds. The lowest BCUT2D eigenvalue weighted by Gasteiger charge is -2.02. The van der Waals surface area contributed by atoms with E-state index in [4.69, 9.17) is 0 Å². The molecule has 0 aromatic heterocycles. The Morgan fingerprint density at radius 1 is 1.13 bits per heavy atom. The van der Waals surface area contributed by atoms with E-state index in [0.717, 1.165) is 22.9 Å². The summed E-state index contributed by atoms with van der Waals surface area (Å²) in [4.78, 5) is 10.7. The van der Waals surface area contributed by atoms with Gasteiger partial charge in [0.1, 0.15) is 5.94 Å². The van der Waals surface area contributed by atoms with Gasteiger partial charge in [-0.15, -0.1) is 0 Å². The van der Waals surface area contributed by atoms with Crippen LogP contribution in [-0.2, 0) is 4.79 Å². The Morgan fingerprint density at radius 2 is 1.87 bits per heavy atom. The van der Waals surface area contributed by atoms with E-state index in [9.17, 15) is 4.79 Å². The van der Waals surface area contributed by atoms with E-state index in [0.29, 0.717) is 0 Å². The quantitative estimate of drug-likeness (QED) is 0.672. The van der Waals surface area contributed by atoms with Crippen molar-refractivity contribution in [3.8, 4) is 0 Å². The molecule has 2 rings (SSSR count). The van der Waals surface area contributed by atoms with Gasteiger partial charge in [0, 0.05) is 5.57 Å². The summed E-state index contributed by atoms with van der Waals surface area (Å²) in [5.41, 5.74) is 1.71. The summed E-state index contributed by atoms with van der Waals surface area (Å²) >= 11 is 0. The Balaban J connectivity index is 2.61. The molecule has 0 unspecified atom stereocenters. The van der Waals surface area contributed by atoms with E-state index < -0.39 is 0 Å². The molecule has 74 valence electrons. The van der Waals surface area contributed by atoms with E-state index in [2.05, 4.69) is 12.1 Å². The molecule has 0 aliphatic rings. The number of rotatable bonds is 2. The minimum absolute atomic E-state index is 0.724. The number of fused-ring (bicyclic) bond motifs is 1. The highest BCUT2D eigenvalue weighted by atomic mass is 16.1. The Bertz CT molecular complexity index is 534. The fourth-order valence-corrected chi connectivity index (χ4v) is 1.71. The molecule has 2 aromatic carbocycles. The predicted molar refractivity (Wildman–Crippen MR) is 63.3 cm³/mol. The maximum atomic E-state index is 10.7. The van der Waals surface area contributed by atoms with Crippen LogP contribution in [-0.4, -0.2) is 5.94 Å². The lowest BCUT2D eigenvalue weighted by molar-refractivity contribution is 0.569. The van der Waals surface area contributed by atoms with Crippen LogP contribution in [0.1, 0.15) is 18.9 Å². The lowest BCUT2D eigenvalue weighted by Crippen LogP contribution is -1.83. The van der Waals surface area contributed by atoms with Gasteiger partial charge in [0.25, 0.3) is 0 Å². The highest BCUT2D eigenvalue weighted by Crippen LogP contribution is 2.21. The normalized spacial score (nSPS) is 9.93. The molecule has 1 nitrogen and oxygen atoms in total. The molecule has 0 aliphatic carbocycles. The summed E-state index contributed by atoms with van der Waals surface area (Å²) in [6, 6.07) is 14.2. The van der Waals surface area contributed by atoms with Crippen LogP contribution in [0.15, 0.2) is 42.5 Å². The van der Waals surface area contributed by atoms with E-state index in [1.807, 2.05) is 43.2 Å². The van der Waals surface area contributed by atoms with Gasteiger partial charge in [-0.1, -0.05) is 43.3 Å². The first kappa shape index (κ1) is 9.70. The molecular weight excluding hydrogens is 184 g/mol. The summed E-state index contributed by atoms with van der Waals surface area (Å²) < 4.78 is 0. The zero-order chi connectivity index (χ0) is 10.7. The van der Waals surface area contributed by atoms with Crippen molar-refractivity contribution in [2.24, 2.45) is 0 Å². The smallest absolute Gasteiger partial charge is 0.128 e. The van der Waals surface area contributed by atoms with Crippen molar-refractivity contribution < 1.29 is 4.79 Å². The van der Waals surface area contributed by atoms with Crippen molar-refractivity contribution in [1.29, 1.82) is 0 Å². The molecule has 1 heteroatoms. The van der Waals surface area contributed by atoms with Crippen LogP contribution in [0.25, 0.3) is 16.3 Å². The van der Waals surface area contributed by atoms with Crippen LogP contribution in [0.2, 0.25) is 0 Å². The summed E-state index contributed by atoms with van der Waals surface area (Å²) in [5.74, 6) is 2.00. The van der Waals surface area contributed by atoms with E-state index in [1.165, 1.54) is 5.39 Å². The van der Waals surface area contributed by atoms with Crippen LogP contribution < -0.4 is 0 Å². The van der Waals surface area contributed by atoms with Gasteiger partial charge < -0.3 is 0 Å². The average molecular weight is 196 g/mol. The molecule has 2 aromatic rings. The van der Waals surface area contributed by atoms with Crippen molar-refractivity contribution in [2.75, 3.05) is 0 Å². The van der Waals surface area contributed by atoms with E-state index in [1.54, 1.807) is 0 Å². The molecule has 0 saturated carbocycles. The predicted octanol–water partition coefficient (Wildman–Crippen LogP) is 3.46. The number of benzene rings is 2. The molecule has 15 heavy (non-hydrogen) atoms. The number of hydrogen-bond acceptors (Lipinski definition) is 1. The third-order valence-electron chi connectivity index (χ3n) is 2.57. The maximum Gasteiger partial charge on any atom is 0.128 e. The Labute approximate surface area is 89.0 Å². The second-order valence-electron chi connectivity index (χ2n) is 3.50. The van der Waals surface area contributed by atoms with Gasteiger partial charge in [-0.3, -0.25) is 0 Å². The molecule has 0 aliphatic heterocycles. The van der Waals surface area contributed by atoms with Gasteiger partial charge in [-0.05, 0) is 28.8 Å². The van der Waals surface area contributed by atoms with Crippen LogP contribution in [0.3, 0.4) is 0 Å². The zero-order valence-corrected chi connectivity index (χ0v) is 8.66. The molecule has 0 fully saturated rings. The lowest BCUT2D eigenvalue weighted by atomic mass is 10.0. The molecule has 0 bridgehead atoms. The maximum absolute atomic E-state index is 10.7. The summed E-state index contributed by atoms with van der Waals surface area (Å²) in [5, 5.41) is 2.36. The molecule has 0 spiro atoms. The van der Waals surface area contributed by atoms with Crippen molar-refractivity contribution >= 4 is 22.3 Å². The molecule has 0 atom stereocenters. The van der Waals surface area contributed by atoms with E-state index in [-0.39, 0.29) is 0 Å². The molecule has 0 heterocycles. The average Bonchev–Trinajstić information content (AvgIpc) is 2.30. The Hall–Kier alpha value is -1.85. The van der Waals surface area contributed by atoms with Crippen molar-refractivity contribution in [2.45, 2.75) is 13.3 Å². The highest BCUT2D eigenvalue weighted by Gasteiger charge is 2.01. The second-order valence-corrected chi connectivity index (χ2v) is 3.50. The molecule has 0 saturated heterocycles. The van der Waals surface area contributed by atoms with Gasteiger partial charge in [-0.2, -0.15) is 0 Å². The topological polar surface area (TPSA) is 17.1 Å². The zero-order valence-electron chi connectivity index (χ0n) is 8.66. The molecular formula is C14H12O. The van der Waals surface area contributed by atoms with Gasteiger partial charge in [0.15, 0.2) is 0 Å². The largest absolute Gasteiger partial charge is 0.233 e. The monoisotopic (exact) mass is 196 g/mol. The van der Waals surface area contributed by atoms with Crippen molar-refractivity contribution in [1.82, 2.24) is 0 Å². The number of hydrogen-bond donors (Lipinski definition) is 0. The standard InChI is InChI=1S/C14H12O/c1-2-11(10-15)14-8-7-12-5-3-4-6-13(12)9-14/h3-9H,2H2,1H3. The fourth-order valence-electron chi connectivity index (χ4n) is 1.71. The fraction of sp³-hybridized carbons (Fsp3) is 0.143. The van der Waals surface area contributed by atoms with Crippen LogP contribution >= 0.6 is 0 Å². The third-order valence-corrected chi connectivity index (χ3v) is 2.57. The SMILES string of the molecule is CCC(=C=O)c1ccc2ccccc2c1. The van der Waals surface area contributed by atoms with E-state index >= 15 is 0 Å². The molecule has 0 radical (unpaired) electrons.